The first-order chi connectivity index (χ1) is 13.9. The number of aromatic amines is 1. The first-order valence-electron chi connectivity index (χ1n) is 9.13. The van der Waals surface area contributed by atoms with Gasteiger partial charge >= 0.3 is 5.97 Å². The summed E-state index contributed by atoms with van der Waals surface area (Å²) in [5.74, 6) is -1.03. The molecule has 0 unspecified atom stereocenters. The molecule has 30 heavy (non-hydrogen) atoms. The number of aromatic nitrogens is 1. The second-order valence-electron chi connectivity index (χ2n) is 6.29. The number of hydrogen-bond acceptors (Lipinski definition) is 4. The molecule has 166 valence electrons. The van der Waals surface area contributed by atoms with E-state index in [1.165, 1.54) is 22.0 Å². The minimum absolute atomic E-state index is 0. The fourth-order valence-corrected chi connectivity index (χ4v) is 2.45. The van der Waals surface area contributed by atoms with Crippen molar-refractivity contribution in [3.8, 4) is 0 Å². The first kappa shape index (κ1) is 27.9. The molecule has 1 amide bonds. The van der Waals surface area contributed by atoms with Crippen LogP contribution in [-0.2, 0) is 49.2 Å². The van der Waals surface area contributed by atoms with Gasteiger partial charge in [-0.15, -0.1) is 0 Å². The van der Waals surface area contributed by atoms with Crippen LogP contribution in [0.2, 0.25) is 0 Å². The van der Waals surface area contributed by atoms with E-state index < -0.39 is 5.97 Å². The monoisotopic (exact) mass is 521 g/mol. The van der Waals surface area contributed by atoms with Gasteiger partial charge in [0, 0.05) is 43.9 Å². The molecule has 0 fully saturated rings. The standard InChI is InChI=1S/C9H9N.C8H10O.C5H9NO3S.Pd/c1-7-6-10-9-5-3-2-4-8(7)9;1-7-2-4-8(6-9)5-3-7;7-4(1-2-10)6-3-5(8)9;/h2-6,10H,1H3;2-5,9H,6H2,1H3;10H,1-3H2,(H,6,7)(H,8,9);/p-1. The summed E-state index contributed by atoms with van der Waals surface area (Å²) in [5.41, 5.74) is 4.74. The second kappa shape index (κ2) is 15.7. The Bertz CT molecular complexity index is 898. The molecule has 3 rings (SSSR count). The van der Waals surface area contributed by atoms with E-state index in [4.69, 9.17) is 10.2 Å². The van der Waals surface area contributed by atoms with Gasteiger partial charge in [0.25, 0.3) is 0 Å². The van der Waals surface area contributed by atoms with Crippen LogP contribution >= 0.6 is 0 Å². The summed E-state index contributed by atoms with van der Waals surface area (Å²) >= 11 is 4.50. The summed E-state index contributed by atoms with van der Waals surface area (Å²) in [6.07, 6.45) is 2.24. The molecule has 2 aromatic carbocycles. The van der Waals surface area contributed by atoms with Crippen molar-refractivity contribution >= 4 is 35.4 Å². The van der Waals surface area contributed by atoms with E-state index in [1.807, 2.05) is 43.5 Å². The van der Waals surface area contributed by atoms with Crippen LogP contribution < -0.4 is 5.32 Å². The van der Waals surface area contributed by atoms with Crippen LogP contribution in [0, 0.1) is 13.8 Å². The number of carboxylic acid groups (broad SMARTS) is 1. The van der Waals surface area contributed by atoms with E-state index >= 15 is 0 Å². The first-order valence-corrected chi connectivity index (χ1v) is 9.70. The van der Waals surface area contributed by atoms with Gasteiger partial charge in [0.05, 0.1) is 6.61 Å². The Morgan fingerprint density at radius 3 is 2.23 bits per heavy atom. The summed E-state index contributed by atoms with van der Waals surface area (Å²) < 4.78 is 0. The largest absolute Gasteiger partial charge is 0.792 e. The van der Waals surface area contributed by atoms with Crippen LogP contribution in [0.5, 0.6) is 0 Å². The van der Waals surface area contributed by atoms with E-state index in [1.54, 1.807) is 0 Å². The Labute approximate surface area is 196 Å². The Hall–Kier alpha value is -2.11. The molecule has 0 spiro atoms. The normalized spacial score (nSPS) is 9.33. The summed E-state index contributed by atoms with van der Waals surface area (Å²) in [5, 5.41) is 20.2. The Morgan fingerprint density at radius 2 is 1.70 bits per heavy atom. The third-order valence-electron chi connectivity index (χ3n) is 3.87. The van der Waals surface area contributed by atoms with Gasteiger partial charge < -0.3 is 33.1 Å². The zero-order valence-electron chi connectivity index (χ0n) is 17.0. The van der Waals surface area contributed by atoms with Crippen LogP contribution in [0.1, 0.15) is 23.1 Å². The van der Waals surface area contributed by atoms with E-state index in [9.17, 15) is 9.59 Å². The summed E-state index contributed by atoms with van der Waals surface area (Å²) in [7, 11) is 0. The van der Waals surface area contributed by atoms with Gasteiger partial charge in [-0.2, -0.15) is 5.75 Å². The summed E-state index contributed by atoms with van der Waals surface area (Å²) in [6, 6.07) is 16.1. The van der Waals surface area contributed by atoms with Gasteiger partial charge in [0.1, 0.15) is 6.54 Å². The third kappa shape index (κ3) is 11.2. The number of rotatable bonds is 5. The van der Waals surface area contributed by atoms with Gasteiger partial charge in [0.15, 0.2) is 0 Å². The zero-order chi connectivity index (χ0) is 21.6. The molecule has 0 saturated carbocycles. The molecule has 0 bridgehead atoms. The molecule has 6 nitrogen and oxygen atoms in total. The minimum Gasteiger partial charge on any atom is -0.792 e. The fraction of sp³-hybridized carbons (Fsp3) is 0.273. The number of aliphatic carboxylic acids is 1. The number of carbonyl (C=O) groups is 2. The average Bonchev–Trinajstić information content (AvgIpc) is 3.10. The van der Waals surface area contributed by atoms with Crippen molar-refractivity contribution < 1.29 is 40.2 Å². The number of amides is 1. The molecular formula is C22H27N2O4PdS-. The van der Waals surface area contributed by atoms with Crippen LogP contribution in [0.15, 0.2) is 54.7 Å². The van der Waals surface area contributed by atoms with Gasteiger partial charge in [0.2, 0.25) is 5.91 Å². The van der Waals surface area contributed by atoms with Gasteiger partial charge in [-0.3, -0.25) is 9.59 Å². The predicted molar refractivity (Wildman–Crippen MR) is 118 cm³/mol. The molecule has 0 saturated heterocycles. The predicted octanol–water partition coefficient (Wildman–Crippen LogP) is 3.09. The maximum Gasteiger partial charge on any atom is 0.322 e. The van der Waals surface area contributed by atoms with E-state index in [0.717, 1.165) is 5.56 Å². The van der Waals surface area contributed by atoms with Gasteiger partial charge in [-0.25, -0.2) is 0 Å². The number of nitrogens with one attached hydrogen (secondary N) is 2. The van der Waals surface area contributed by atoms with Crippen LogP contribution in [0.4, 0.5) is 0 Å². The van der Waals surface area contributed by atoms with Crippen molar-refractivity contribution in [3.05, 3.63) is 71.4 Å². The molecule has 0 aliphatic rings. The number of fused-ring (bicyclic) bond motifs is 1. The molecule has 0 atom stereocenters. The van der Waals surface area contributed by atoms with Crippen molar-refractivity contribution in [1.82, 2.24) is 10.3 Å². The fourth-order valence-electron chi connectivity index (χ4n) is 2.27. The Morgan fingerprint density at radius 1 is 1.07 bits per heavy atom. The van der Waals surface area contributed by atoms with Crippen LogP contribution in [-0.4, -0.2) is 39.4 Å². The molecule has 3 aromatic rings. The molecule has 4 N–H and O–H groups in total. The number of hydrogen-bond donors (Lipinski definition) is 4. The van der Waals surface area contributed by atoms with Crippen molar-refractivity contribution in [1.29, 1.82) is 0 Å². The number of aliphatic hydroxyl groups excluding tert-OH is 1. The average molecular weight is 522 g/mol. The van der Waals surface area contributed by atoms with Crippen molar-refractivity contribution in [3.63, 3.8) is 0 Å². The minimum atomic E-state index is -1.04. The molecule has 8 heteroatoms. The third-order valence-corrected chi connectivity index (χ3v) is 4.07. The number of H-pyrrole nitrogens is 1. The smallest absolute Gasteiger partial charge is 0.322 e. The molecule has 1 aromatic heterocycles. The second-order valence-corrected chi connectivity index (χ2v) is 6.69. The Balaban J connectivity index is 0.000000414. The molecule has 0 aliphatic heterocycles. The van der Waals surface area contributed by atoms with E-state index in [0.29, 0.717) is 5.75 Å². The van der Waals surface area contributed by atoms with Gasteiger partial charge in [-0.05, 0) is 31.0 Å². The van der Waals surface area contributed by atoms with Crippen molar-refractivity contribution in [2.24, 2.45) is 0 Å². The summed E-state index contributed by atoms with van der Waals surface area (Å²) in [6.45, 7) is 3.95. The number of aliphatic hydroxyl groups is 1. The molecule has 1 heterocycles. The molecule has 0 radical (unpaired) electrons. The topological polar surface area (TPSA) is 102 Å². The molecular weight excluding hydrogens is 495 g/mol. The van der Waals surface area contributed by atoms with Crippen LogP contribution in [0.25, 0.3) is 10.9 Å². The maximum absolute atomic E-state index is 10.5. The van der Waals surface area contributed by atoms with Crippen LogP contribution in [0.3, 0.4) is 0 Å². The van der Waals surface area contributed by atoms with Crippen molar-refractivity contribution in [2.45, 2.75) is 26.9 Å². The number of para-hydroxylation sites is 1. The van der Waals surface area contributed by atoms with Gasteiger partial charge in [-0.1, -0.05) is 48.0 Å². The van der Waals surface area contributed by atoms with E-state index in [-0.39, 0.29) is 45.9 Å². The number of carbonyl (C=O) groups excluding carboxylic acids is 1. The summed E-state index contributed by atoms with van der Waals surface area (Å²) in [4.78, 5) is 23.6. The number of benzene rings is 2. The van der Waals surface area contributed by atoms with E-state index in [2.05, 4.69) is 48.1 Å². The maximum atomic E-state index is 10.5. The quantitative estimate of drug-likeness (QED) is 0.305. The number of aryl methyl sites for hydroxylation is 2. The SMILES string of the molecule is Cc1c[nH]c2ccccc12.Cc1ccc(CO)cc1.O=C(O)CNC(=O)CC[S-].[Pd]. The number of carboxylic acids is 1. The zero-order valence-corrected chi connectivity index (χ0v) is 19.3. The van der Waals surface area contributed by atoms with Crippen molar-refractivity contribution in [2.75, 3.05) is 12.3 Å². The molecule has 0 aliphatic carbocycles. The Kier molecular flexibility index (Phi) is 14.6.